The molecule has 0 saturated heterocycles. The van der Waals surface area contributed by atoms with Crippen LogP contribution in [0.5, 0.6) is 23.0 Å². The Morgan fingerprint density at radius 2 is 1.73 bits per heavy atom. The standard InChI is InChI=1S/C26H20N4O7/c1-33-19-8-5-15(11-21(19)34-2)23-28-24(37-29-23)16-4-6-17-18(10-16)27-26(32)30(25(17)31)12-14-3-7-20-22(9-14)36-13-35-20/h3-11H,12-13H2,1-2H3,(H,27,32). The minimum Gasteiger partial charge on any atom is -0.493 e. The van der Waals surface area contributed by atoms with Crippen LogP contribution in [0.2, 0.25) is 0 Å². The average Bonchev–Trinajstić information content (AvgIpc) is 3.60. The van der Waals surface area contributed by atoms with E-state index in [1.807, 2.05) is 0 Å². The van der Waals surface area contributed by atoms with Gasteiger partial charge in [0.2, 0.25) is 12.6 Å². The summed E-state index contributed by atoms with van der Waals surface area (Å²) in [7, 11) is 3.10. The number of ether oxygens (including phenoxy) is 4. The fourth-order valence-electron chi connectivity index (χ4n) is 4.19. The van der Waals surface area contributed by atoms with E-state index >= 15 is 0 Å². The van der Waals surface area contributed by atoms with Crippen LogP contribution >= 0.6 is 0 Å². The number of aromatic nitrogens is 4. The van der Waals surface area contributed by atoms with Crippen molar-refractivity contribution in [3.05, 3.63) is 81.0 Å². The third kappa shape index (κ3) is 3.96. The summed E-state index contributed by atoms with van der Waals surface area (Å²) in [6.45, 7) is 0.230. The molecule has 5 aromatic rings. The molecule has 0 bridgehead atoms. The number of fused-ring (bicyclic) bond motifs is 2. The smallest absolute Gasteiger partial charge is 0.329 e. The molecular formula is C26H20N4O7. The second-order valence-corrected chi connectivity index (χ2v) is 8.26. The van der Waals surface area contributed by atoms with E-state index in [0.717, 1.165) is 10.1 Å². The number of methoxy groups -OCH3 is 2. The number of benzene rings is 3. The molecule has 3 aromatic carbocycles. The SMILES string of the molecule is COc1ccc(-c2noc(-c3ccc4c(=O)n(Cc5ccc6c(c5)OCO6)c(=O)[nH]c4c3)n2)cc1OC. The molecule has 1 aliphatic heterocycles. The van der Waals surface area contributed by atoms with Gasteiger partial charge in [0.05, 0.1) is 31.7 Å². The van der Waals surface area contributed by atoms with Crippen molar-refractivity contribution in [1.82, 2.24) is 19.7 Å². The second kappa shape index (κ2) is 8.86. The summed E-state index contributed by atoms with van der Waals surface area (Å²) in [6, 6.07) is 15.5. The molecule has 11 nitrogen and oxygen atoms in total. The van der Waals surface area contributed by atoms with Crippen molar-refractivity contribution in [1.29, 1.82) is 0 Å². The van der Waals surface area contributed by atoms with Gasteiger partial charge in [-0.05, 0) is 54.1 Å². The molecule has 186 valence electrons. The molecular weight excluding hydrogens is 480 g/mol. The Bertz CT molecular complexity index is 1770. The Hall–Kier alpha value is -5.06. The summed E-state index contributed by atoms with van der Waals surface area (Å²) >= 11 is 0. The predicted octanol–water partition coefficient (Wildman–Crippen LogP) is 3.20. The van der Waals surface area contributed by atoms with Crippen molar-refractivity contribution in [3.8, 4) is 45.8 Å². The maximum atomic E-state index is 13.2. The molecule has 1 N–H and O–H groups in total. The Balaban J connectivity index is 1.32. The highest BCUT2D eigenvalue weighted by atomic mass is 16.7. The summed E-state index contributed by atoms with van der Waals surface area (Å²) in [5.74, 6) is 2.91. The normalized spacial score (nSPS) is 12.2. The van der Waals surface area contributed by atoms with Gasteiger partial charge in [-0.25, -0.2) is 4.79 Å². The molecule has 0 fully saturated rings. The van der Waals surface area contributed by atoms with E-state index in [-0.39, 0.29) is 19.2 Å². The van der Waals surface area contributed by atoms with Gasteiger partial charge in [-0.15, -0.1) is 0 Å². The molecule has 6 rings (SSSR count). The van der Waals surface area contributed by atoms with E-state index in [1.54, 1.807) is 68.8 Å². The highest BCUT2D eigenvalue weighted by Crippen LogP contribution is 2.33. The lowest BCUT2D eigenvalue weighted by atomic mass is 10.1. The average molecular weight is 500 g/mol. The van der Waals surface area contributed by atoms with Crippen LogP contribution in [-0.4, -0.2) is 40.7 Å². The van der Waals surface area contributed by atoms with E-state index in [2.05, 4.69) is 15.1 Å². The topological polar surface area (TPSA) is 131 Å². The number of hydrogen-bond acceptors (Lipinski definition) is 9. The molecule has 0 radical (unpaired) electrons. The Morgan fingerprint density at radius 1 is 0.919 bits per heavy atom. The van der Waals surface area contributed by atoms with Crippen molar-refractivity contribution in [2.75, 3.05) is 21.0 Å². The Labute approximate surface area is 208 Å². The van der Waals surface area contributed by atoms with Crippen molar-refractivity contribution >= 4 is 10.9 Å². The molecule has 0 unspecified atom stereocenters. The molecule has 3 heterocycles. The van der Waals surface area contributed by atoms with E-state index in [1.165, 1.54) is 0 Å². The summed E-state index contributed by atoms with van der Waals surface area (Å²) < 4.78 is 27.9. The number of nitrogens with one attached hydrogen (secondary N) is 1. The summed E-state index contributed by atoms with van der Waals surface area (Å²) in [6.07, 6.45) is 0. The highest BCUT2D eigenvalue weighted by molar-refractivity contribution is 5.82. The zero-order valence-electron chi connectivity index (χ0n) is 19.8. The first-order valence-electron chi connectivity index (χ1n) is 11.3. The maximum absolute atomic E-state index is 13.2. The van der Waals surface area contributed by atoms with Crippen molar-refractivity contribution < 1.29 is 23.5 Å². The first-order valence-corrected chi connectivity index (χ1v) is 11.3. The minimum atomic E-state index is -0.538. The number of aromatic amines is 1. The highest BCUT2D eigenvalue weighted by Gasteiger charge is 2.17. The molecule has 0 spiro atoms. The van der Waals surface area contributed by atoms with E-state index in [4.69, 9.17) is 23.5 Å². The van der Waals surface area contributed by atoms with Gasteiger partial charge >= 0.3 is 5.69 Å². The van der Waals surface area contributed by atoms with Crippen LogP contribution < -0.4 is 30.2 Å². The van der Waals surface area contributed by atoms with Gasteiger partial charge in [0.15, 0.2) is 23.0 Å². The molecule has 0 amide bonds. The lowest BCUT2D eigenvalue weighted by Gasteiger charge is -2.08. The van der Waals surface area contributed by atoms with Crippen LogP contribution in [0.1, 0.15) is 5.56 Å². The molecule has 0 aliphatic carbocycles. The predicted molar refractivity (Wildman–Crippen MR) is 132 cm³/mol. The van der Waals surface area contributed by atoms with Crippen LogP contribution in [0.25, 0.3) is 33.7 Å². The van der Waals surface area contributed by atoms with Crippen LogP contribution in [-0.2, 0) is 6.54 Å². The van der Waals surface area contributed by atoms with Crippen molar-refractivity contribution in [2.45, 2.75) is 6.54 Å². The second-order valence-electron chi connectivity index (χ2n) is 8.26. The molecule has 0 atom stereocenters. The summed E-state index contributed by atoms with van der Waals surface area (Å²) in [4.78, 5) is 33.2. The maximum Gasteiger partial charge on any atom is 0.329 e. The van der Waals surface area contributed by atoms with Crippen molar-refractivity contribution in [3.63, 3.8) is 0 Å². The van der Waals surface area contributed by atoms with Crippen LogP contribution in [0.4, 0.5) is 0 Å². The van der Waals surface area contributed by atoms with Gasteiger partial charge in [0.1, 0.15) is 0 Å². The fraction of sp³-hybridized carbons (Fsp3) is 0.154. The van der Waals surface area contributed by atoms with Crippen LogP contribution in [0.15, 0.2) is 68.7 Å². The largest absolute Gasteiger partial charge is 0.493 e. The monoisotopic (exact) mass is 500 g/mol. The number of nitrogens with zero attached hydrogens (tertiary/aromatic N) is 3. The number of rotatable bonds is 6. The van der Waals surface area contributed by atoms with E-state index in [0.29, 0.717) is 50.9 Å². The lowest BCUT2D eigenvalue weighted by Crippen LogP contribution is -2.35. The molecule has 0 saturated carbocycles. The van der Waals surface area contributed by atoms with Crippen LogP contribution in [0.3, 0.4) is 0 Å². The van der Waals surface area contributed by atoms with E-state index in [9.17, 15) is 9.59 Å². The number of H-pyrrole nitrogens is 1. The molecule has 37 heavy (non-hydrogen) atoms. The van der Waals surface area contributed by atoms with Gasteiger partial charge < -0.3 is 28.5 Å². The minimum absolute atomic E-state index is 0.0842. The summed E-state index contributed by atoms with van der Waals surface area (Å²) in [5.41, 5.74) is 1.37. The first-order chi connectivity index (χ1) is 18.0. The van der Waals surface area contributed by atoms with E-state index < -0.39 is 11.2 Å². The van der Waals surface area contributed by atoms with Gasteiger partial charge in [-0.1, -0.05) is 11.2 Å². The Morgan fingerprint density at radius 3 is 2.57 bits per heavy atom. The van der Waals surface area contributed by atoms with Gasteiger partial charge in [0, 0.05) is 11.1 Å². The third-order valence-corrected chi connectivity index (χ3v) is 6.07. The van der Waals surface area contributed by atoms with Gasteiger partial charge in [0.25, 0.3) is 11.4 Å². The fourth-order valence-corrected chi connectivity index (χ4v) is 4.19. The molecule has 1 aliphatic rings. The van der Waals surface area contributed by atoms with Crippen LogP contribution in [0, 0.1) is 0 Å². The number of hydrogen-bond donors (Lipinski definition) is 1. The van der Waals surface area contributed by atoms with Gasteiger partial charge in [-0.3, -0.25) is 9.36 Å². The third-order valence-electron chi connectivity index (χ3n) is 6.07. The molecule has 2 aromatic heterocycles. The summed E-state index contributed by atoms with van der Waals surface area (Å²) in [5, 5.41) is 4.41. The van der Waals surface area contributed by atoms with Gasteiger partial charge in [-0.2, -0.15) is 4.98 Å². The Kier molecular flexibility index (Phi) is 5.37. The quantitative estimate of drug-likeness (QED) is 0.373. The zero-order valence-corrected chi connectivity index (χ0v) is 19.8. The first kappa shape index (κ1) is 22.4. The molecule has 11 heteroatoms. The zero-order chi connectivity index (χ0) is 25.5. The lowest BCUT2D eigenvalue weighted by molar-refractivity contribution is 0.174. The van der Waals surface area contributed by atoms with Crippen molar-refractivity contribution in [2.24, 2.45) is 0 Å².